The lowest BCUT2D eigenvalue weighted by atomic mass is 10.0. The Hall–Kier alpha value is -3.25. The molecule has 0 amide bonds. The summed E-state index contributed by atoms with van der Waals surface area (Å²) in [7, 11) is 0. The molecule has 0 unspecified atom stereocenters. The van der Waals surface area contributed by atoms with Crippen molar-refractivity contribution in [2.45, 2.75) is 6.54 Å². The quantitative estimate of drug-likeness (QED) is 0.600. The van der Waals surface area contributed by atoms with Gasteiger partial charge in [0.15, 0.2) is 0 Å². The minimum absolute atomic E-state index is 0.0377. The molecule has 4 aromatic rings. The average Bonchev–Trinajstić information content (AvgIpc) is 3.33. The summed E-state index contributed by atoms with van der Waals surface area (Å²) in [6, 6.07) is 16.1. The average molecular weight is 348 g/mol. The fraction of sp³-hybridized carbons (Fsp3) is 0.100. The summed E-state index contributed by atoms with van der Waals surface area (Å²) in [5.41, 5.74) is 3.81. The summed E-state index contributed by atoms with van der Waals surface area (Å²) in [6.07, 6.45) is 5.16. The number of benzene rings is 2. The van der Waals surface area contributed by atoms with E-state index in [0.717, 1.165) is 22.6 Å². The SMILES string of the molecule is OCCn1cnc(-c2ccccc2)c1-c1cc(F)ccc1-n1cccn1. The van der Waals surface area contributed by atoms with Gasteiger partial charge in [0.1, 0.15) is 5.82 Å². The Morgan fingerprint density at radius 3 is 2.62 bits per heavy atom. The van der Waals surface area contributed by atoms with Gasteiger partial charge in [-0.25, -0.2) is 14.1 Å². The highest BCUT2D eigenvalue weighted by molar-refractivity contribution is 5.83. The van der Waals surface area contributed by atoms with E-state index in [9.17, 15) is 9.50 Å². The van der Waals surface area contributed by atoms with E-state index in [1.807, 2.05) is 47.2 Å². The molecule has 1 N–H and O–H groups in total. The van der Waals surface area contributed by atoms with Gasteiger partial charge in [0.05, 0.1) is 30.0 Å². The fourth-order valence-corrected chi connectivity index (χ4v) is 3.06. The maximum atomic E-state index is 14.1. The van der Waals surface area contributed by atoms with Crippen molar-refractivity contribution in [1.82, 2.24) is 19.3 Å². The number of imidazole rings is 1. The molecule has 2 heterocycles. The first kappa shape index (κ1) is 16.2. The van der Waals surface area contributed by atoms with Crippen molar-refractivity contribution in [2.75, 3.05) is 6.61 Å². The minimum Gasteiger partial charge on any atom is -0.395 e. The zero-order valence-electron chi connectivity index (χ0n) is 14.0. The second kappa shape index (κ2) is 6.93. The van der Waals surface area contributed by atoms with Gasteiger partial charge in [-0.3, -0.25) is 0 Å². The lowest BCUT2D eigenvalue weighted by molar-refractivity contribution is 0.276. The first-order valence-electron chi connectivity index (χ1n) is 8.29. The van der Waals surface area contributed by atoms with Gasteiger partial charge in [-0.2, -0.15) is 5.10 Å². The summed E-state index contributed by atoms with van der Waals surface area (Å²) >= 11 is 0. The maximum Gasteiger partial charge on any atom is 0.124 e. The highest BCUT2D eigenvalue weighted by atomic mass is 19.1. The monoisotopic (exact) mass is 348 g/mol. The maximum absolute atomic E-state index is 14.1. The van der Waals surface area contributed by atoms with Crippen LogP contribution in [0.1, 0.15) is 0 Å². The van der Waals surface area contributed by atoms with Crippen LogP contribution in [0, 0.1) is 5.82 Å². The van der Waals surface area contributed by atoms with Crippen molar-refractivity contribution >= 4 is 0 Å². The smallest absolute Gasteiger partial charge is 0.124 e. The van der Waals surface area contributed by atoms with E-state index in [-0.39, 0.29) is 12.4 Å². The fourth-order valence-electron chi connectivity index (χ4n) is 3.06. The van der Waals surface area contributed by atoms with Crippen LogP contribution in [0.15, 0.2) is 73.3 Å². The Kier molecular flexibility index (Phi) is 4.33. The molecule has 0 saturated heterocycles. The number of nitrogens with zero attached hydrogens (tertiary/aromatic N) is 4. The van der Waals surface area contributed by atoms with Crippen LogP contribution < -0.4 is 0 Å². The van der Waals surface area contributed by atoms with Crippen molar-refractivity contribution < 1.29 is 9.50 Å². The van der Waals surface area contributed by atoms with E-state index < -0.39 is 0 Å². The van der Waals surface area contributed by atoms with Crippen molar-refractivity contribution in [3.63, 3.8) is 0 Å². The summed E-state index contributed by atoms with van der Waals surface area (Å²) in [5, 5.41) is 13.7. The summed E-state index contributed by atoms with van der Waals surface area (Å²) in [4.78, 5) is 4.53. The van der Waals surface area contributed by atoms with Gasteiger partial charge < -0.3 is 9.67 Å². The Morgan fingerprint density at radius 2 is 1.88 bits per heavy atom. The van der Waals surface area contributed by atoms with Crippen LogP contribution in [0.2, 0.25) is 0 Å². The molecular weight excluding hydrogens is 331 g/mol. The third-order valence-electron chi connectivity index (χ3n) is 4.19. The highest BCUT2D eigenvalue weighted by Gasteiger charge is 2.19. The minimum atomic E-state index is -0.341. The summed E-state index contributed by atoms with van der Waals surface area (Å²) in [6.45, 7) is 0.328. The molecule has 0 atom stereocenters. The first-order chi connectivity index (χ1) is 12.8. The van der Waals surface area contributed by atoms with Gasteiger partial charge in [-0.15, -0.1) is 0 Å². The molecule has 0 aliphatic carbocycles. The lowest BCUT2D eigenvalue weighted by Gasteiger charge is -2.14. The van der Waals surface area contributed by atoms with Crippen molar-refractivity contribution in [2.24, 2.45) is 0 Å². The van der Waals surface area contributed by atoms with Gasteiger partial charge in [-0.1, -0.05) is 30.3 Å². The largest absolute Gasteiger partial charge is 0.395 e. The van der Waals surface area contributed by atoms with Gasteiger partial charge >= 0.3 is 0 Å². The van der Waals surface area contributed by atoms with Crippen LogP contribution in [0.5, 0.6) is 0 Å². The van der Waals surface area contributed by atoms with Crippen LogP contribution >= 0.6 is 0 Å². The zero-order chi connectivity index (χ0) is 17.9. The van der Waals surface area contributed by atoms with Crippen LogP contribution in [-0.4, -0.2) is 31.0 Å². The number of hydrogen-bond donors (Lipinski definition) is 1. The van der Waals surface area contributed by atoms with Gasteiger partial charge in [0, 0.05) is 30.1 Å². The van der Waals surface area contributed by atoms with Crippen LogP contribution in [-0.2, 0) is 6.54 Å². The van der Waals surface area contributed by atoms with Crippen molar-refractivity contribution in [1.29, 1.82) is 0 Å². The predicted molar refractivity (Wildman–Crippen MR) is 97.3 cm³/mol. The molecule has 4 rings (SSSR count). The molecule has 5 nitrogen and oxygen atoms in total. The Morgan fingerprint density at radius 1 is 1.04 bits per heavy atom. The van der Waals surface area contributed by atoms with Crippen LogP contribution in [0.4, 0.5) is 4.39 Å². The molecule has 130 valence electrons. The van der Waals surface area contributed by atoms with E-state index in [0.29, 0.717) is 12.1 Å². The molecule has 0 bridgehead atoms. The van der Waals surface area contributed by atoms with E-state index in [4.69, 9.17) is 0 Å². The molecule has 2 aromatic carbocycles. The van der Waals surface area contributed by atoms with Crippen molar-refractivity contribution in [3.05, 3.63) is 79.1 Å². The molecule has 0 aliphatic rings. The van der Waals surface area contributed by atoms with E-state index >= 15 is 0 Å². The van der Waals surface area contributed by atoms with E-state index in [1.165, 1.54) is 12.1 Å². The molecule has 0 saturated carbocycles. The first-order valence-corrected chi connectivity index (χ1v) is 8.29. The summed E-state index contributed by atoms with van der Waals surface area (Å²) in [5.74, 6) is -0.341. The van der Waals surface area contributed by atoms with E-state index in [1.54, 1.807) is 23.3 Å². The molecular formula is C20H17FN4O. The summed E-state index contributed by atoms with van der Waals surface area (Å²) < 4.78 is 17.7. The van der Waals surface area contributed by atoms with Crippen molar-refractivity contribution in [3.8, 4) is 28.2 Å². The molecule has 6 heteroatoms. The van der Waals surface area contributed by atoms with Crippen LogP contribution in [0.25, 0.3) is 28.2 Å². The number of rotatable bonds is 5. The second-order valence-electron chi connectivity index (χ2n) is 5.84. The Bertz CT molecular complexity index is 1010. The van der Waals surface area contributed by atoms with Gasteiger partial charge in [-0.05, 0) is 24.3 Å². The third kappa shape index (κ3) is 2.91. The number of halogens is 1. The highest BCUT2D eigenvalue weighted by Crippen LogP contribution is 2.35. The number of aliphatic hydroxyl groups excluding tert-OH is 1. The van der Waals surface area contributed by atoms with E-state index in [2.05, 4.69) is 10.1 Å². The number of aromatic nitrogens is 4. The zero-order valence-corrected chi connectivity index (χ0v) is 14.0. The lowest BCUT2D eigenvalue weighted by Crippen LogP contribution is -2.06. The van der Waals surface area contributed by atoms with Crippen LogP contribution in [0.3, 0.4) is 0 Å². The Labute approximate surface area is 150 Å². The normalized spacial score (nSPS) is 11.0. The number of aliphatic hydroxyl groups is 1. The number of hydrogen-bond acceptors (Lipinski definition) is 3. The topological polar surface area (TPSA) is 55.9 Å². The molecule has 0 spiro atoms. The van der Waals surface area contributed by atoms with Gasteiger partial charge in [0.2, 0.25) is 0 Å². The predicted octanol–water partition coefficient (Wildman–Crippen LogP) is 3.53. The van der Waals surface area contributed by atoms with Gasteiger partial charge in [0.25, 0.3) is 0 Å². The molecule has 26 heavy (non-hydrogen) atoms. The third-order valence-corrected chi connectivity index (χ3v) is 4.19. The Balaban J connectivity index is 1.98. The molecule has 0 radical (unpaired) electrons. The molecule has 2 aromatic heterocycles. The standard InChI is InChI=1S/C20H17FN4O/c21-16-7-8-18(25-10-4-9-23-25)17(13-16)20-19(15-5-2-1-3-6-15)22-14-24(20)11-12-26/h1-10,13-14,26H,11-12H2. The second-order valence-corrected chi connectivity index (χ2v) is 5.84. The molecule has 0 aliphatic heterocycles. The molecule has 0 fully saturated rings.